The van der Waals surface area contributed by atoms with Gasteiger partial charge >= 0.3 is 5.97 Å². The summed E-state index contributed by atoms with van der Waals surface area (Å²) >= 11 is 0. The van der Waals surface area contributed by atoms with E-state index < -0.39 is 5.97 Å². The lowest BCUT2D eigenvalue weighted by atomic mass is 10.1. The van der Waals surface area contributed by atoms with Crippen LogP contribution in [0.25, 0.3) is 0 Å². The molecule has 0 aromatic heterocycles. The summed E-state index contributed by atoms with van der Waals surface area (Å²) in [6.45, 7) is 13.8. The van der Waals surface area contributed by atoms with Crippen molar-refractivity contribution in [2.45, 2.75) is 71.4 Å². The molecule has 180 valence electrons. The van der Waals surface area contributed by atoms with E-state index in [0.717, 1.165) is 31.7 Å². The molecule has 0 bridgehead atoms. The van der Waals surface area contributed by atoms with Gasteiger partial charge in [0.2, 0.25) is 5.91 Å². The molecule has 1 amide bonds. The Bertz CT molecular complexity index is 702. The summed E-state index contributed by atoms with van der Waals surface area (Å²) in [6.07, 6.45) is 0. The third-order valence-corrected chi connectivity index (χ3v) is 5.88. The molecule has 32 heavy (non-hydrogen) atoms. The van der Waals surface area contributed by atoms with Gasteiger partial charge in [0.1, 0.15) is 13.2 Å². The van der Waals surface area contributed by atoms with Gasteiger partial charge in [-0.05, 0) is 40.2 Å². The van der Waals surface area contributed by atoms with Crippen molar-refractivity contribution in [1.82, 2.24) is 26.2 Å². The van der Waals surface area contributed by atoms with Crippen molar-refractivity contribution in [2.24, 2.45) is 0 Å². The molecule has 1 aromatic rings. The van der Waals surface area contributed by atoms with E-state index in [4.69, 9.17) is 4.74 Å². The Hall–Kier alpha value is -2.00. The fourth-order valence-electron chi connectivity index (χ4n) is 3.74. The van der Waals surface area contributed by atoms with Gasteiger partial charge in [0.05, 0.1) is 6.04 Å². The minimum absolute atomic E-state index is 0.134. The van der Waals surface area contributed by atoms with Crippen LogP contribution in [0.4, 0.5) is 0 Å². The molecule has 0 spiro atoms. The van der Waals surface area contributed by atoms with E-state index in [9.17, 15) is 9.59 Å². The molecule has 0 aliphatic carbocycles. The second kappa shape index (κ2) is 13.5. The number of hydrogen-bond acceptors (Lipinski definition) is 7. The lowest BCUT2D eigenvalue weighted by Gasteiger charge is -2.37. The van der Waals surface area contributed by atoms with E-state index in [2.05, 4.69) is 53.9 Å². The molecular weight excluding hydrogens is 406 g/mol. The second-order valence-electron chi connectivity index (χ2n) is 9.01. The molecule has 1 aliphatic rings. The molecule has 5 atom stereocenters. The predicted molar refractivity (Wildman–Crippen MR) is 127 cm³/mol. The highest BCUT2D eigenvalue weighted by Crippen LogP contribution is 2.09. The molecule has 1 saturated heterocycles. The first-order valence-electron chi connectivity index (χ1n) is 11.7. The number of benzene rings is 1. The van der Waals surface area contributed by atoms with Gasteiger partial charge in [0.25, 0.3) is 0 Å². The van der Waals surface area contributed by atoms with Crippen LogP contribution < -0.4 is 21.3 Å². The first-order valence-corrected chi connectivity index (χ1v) is 11.7. The van der Waals surface area contributed by atoms with E-state index >= 15 is 0 Å². The normalized spacial score (nSPS) is 26.9. The maximum Gasteiger partial charge on any atom is 0.325 e. The fraction of sp³-hybridized carbons (Fsp3) is 0.667. The monoisotopic (exact) mass is 447 g/mol. The van der Waals surface area contributed by atoms with E-state index in [1.54, 1.807) is 0 Å². The number of nitrogens with zero attached hydrogens (tertiary/aromatic N) is 1. The van der Waals surface area contributed by atoms with Gasteiger partial charge in [-0.3, -0.25) is 14.5 Å². The highest BCUT2D eigenvalue weighted by Gasteiger charge is 2.28. The zero-order valence-corrected chi connectivity index (χ0v) is 20.2. The molecule has 4 N–H and O–H groups in total. The minimum atomic E-state index is -0.442. The second-order valence-corrected chi connectivity index (χ2v) is 9.01. The van der Waals surface area contributed by atoms with Crippen LogP contribution in [0, 0.1) is 0 Å². The van der Waals surface area contributed by atoms with Crippen molar-refractivity contribution in [3.63, 3.8) is 0 Å². The summed E-state index contributed by atoms with van der Waals surface area (Å²) in [7, 11) is 0. The van der Waals surface area contributed by atoms with Crippen LogP contribution in [0.15, 0.2) is 30.3 Å². The first-order chi connectivity index (χ1) is 15.3. The number of carbonyl (C=O) groups excluding carboxylic acids is 2. The third kappa shape index (κ3) is 9.24. The van der Waals surface area contributed by atoms with E-state index in [0.29, 0.717) is 12.1 Å². The topological polar surface area (TPSA) is 94.7 Å². The summed E-state index contributed by atoms with van der Waals surface area (Å²) in [4.78, 5) is 27.1. The largest absolute Gasteiger partial charge is 0.460 e. The average Bonchev–Trinajstić information content (AvgIpc) is 2.79. The molecule has 1 aliphatic heterocycles. The molecule has 0 saturated carbocycles. The number of rotatable bonds is 6. The standard InChI is InChI=1S/C24H41N5O3/c1-17-12-26-19(3)15-29(20(4)13-27-18(2)11-25-17)21(5)24(31)28-14-23(30)32-16-22-9-7-6-8-10-22/h6-10,17-21,25-27H,11-16H2,1-5H3,(H,28,31). The Morgan fingerprint density at radius 1 is 1.00 bits per heavy atom. The van der Waals surface area contributed by atoms with Crippen LogP contribution in [-0.4, -0.2) is 79.7 Å². The molecule has 5 unspecified atom stereocenters. The third-order valence-electron chi connectivity index (χ3n) is 5.88. The van der Waals surface area contributed by atoms with Gasteiger partial charge in [-0.25, -0.2) is 0 Å². The number of carbonyl (C=O) groups is 2. The Labute approximate surface area is 192 Å². The number of amides is 1. The summed E-state index contributed by atoms with van der Waals surface area (Å²) in [6, 6.07) is 10.2. The highest BCUT2D eigenvalue weighted by molar-refractivity contribution is 5.85. The zero-order valence-electron chi connectivity index (χ0n) is 20.2. The SMILES string of the molecule is CC1CNC(C)CN(C(C)C(=O)NCC(=O)OCc2ccccc2)C(C)CNC(C)CN1. The van der Waals surface area contributed by atoms with Crippen LogP contribution in [0.5, 0.6) is 0 Å². The zero-order chi connectivity index (χ0) is 23.5. The molecule has 1 aromatic carbocycles. The average molecular weight is 448 g/mol. The van der Waals surface area contributed by atoms with E-state index in [-0.39, 0.29) is 37.2 Å². The van der Waals surface area contributed by atoms with Crippen molar-refractivity contribution in [3.8, 4) is 0 Å². The maximum atomic E-state index is 12.9. The first kappa shape index (κ1) is 26.3. The Morgan fingerprint density at radius 2 is 1.59 bits per heavy atom. The lowest BCUT2D eigenvalue weighted by Crippen LogP contribution is -2.57. The minimum Gasteiger partial charge on any atom is -0.460 e. The molecule has 1 fully saturated rings. The van der Waals surface area contributed by atoms with Crippen LogP contribution >= 0.6 is 0 Å². The summed E-state index contributed by atoms with van der Waals surface area (Å²) in [5.74, 6) is -0.612. The molecule has 2 rings (SSSR count). The van der Waals surface area contributed by atoms with Gasteiger partial charge in [0, 0.05) is 50.3 Å². The van der Waals surface area contributed by atoms with Gasteiger partial charge in [-0.2, -0.15) is 0 Å². The maximum absolute atomic E-state index is 12.9. The summed E-state index contributed by atoms with van der Waals surface area (Å²) < 4.78 is 5.26. The van der Waals surface area contributed by atoms with Gasteiger partial charge in [0.15, 0.2) is 0 Å². The smallest absolute Gasteiger partial charge is 0.325 e. The number of ether oxygens (including phenoxy) is 1. The van der Waals surface area contributed by atoms with Gasteiger partial charge in [-0.15, -0.1) is 0 Å². The van der Waals surface area contributed by atoms with Crippen LogP contribution in [0.2, 0.25) is 0 Å². The quantitative estimate of drug-likeness (QED) is 0.481. The molecule has 1 heterocycles. The van der Waals surface area contributed by atoms with E-state index in [1.807, 2.05) is 37.3 Å². The summed E-state index contributed by atoms with van der Waals surface area (Å²) in [5, 5.41) is 13.4. The lowest BCUT2D eigenvalue weighted by molar-refractivity contribution is -0.145. The Morgan fingerprint density at radius 3 is 2.25 bits per heavy atom. The molecular formula is C24H41N5O3. The van der Waals surface area contributed by atoms with Crippen molar-refractivity contribution >= 4 is 11.9 Å². The highest BCUT2D eigenvalue weighted by atomic mass is 16.5. The number of nitrogens with one attached hydrogen (secondary N) is 4. The number of hydrogen-bond donors (Lipinski definition) is 4. The Balaban J connectivity index is 1.89. The van der Waals surface area contributed by atoms with Crippen LogP contribution in [-0.2, 0) is 20.9 Å². The Kier molecular flexibility index (Phi) is 11.1. The van der Waals surface area contributed by atoms with Crippen molar-refractivity contribution in [2.75, 3.05) is 32.7 Å². The van der Waals surface area contributed by atoms with E-state index in [1.165, 1.54) is 0 Å². The molecule has 8 nitrogen and oxygen atoms in total. The van der Waals surface area contributed by atoms with Crippen molar-refractivity contribution < 1.29 is 14.3 Å². The molecule has 8 heteroatoms. The van der Waals surface area contributed by atoms with Gasteiger partial charge in [-0.1, -0.05) is 30.3 Å². The number of esters is 1. The van der Waals surface area contributed by atoms with Crippen LogP contribution in [0.3, 0.4) is 0 Å². The molecule has 0 radical (unpaired) electrons. The van der Waals surface area contributed by atoms with Crippen molar-refractivity contribution in [3.05, 3.63) is 35.9 Å². The van der Waals surface area contributed by atoms with Crippen LogP contribution in [0.1, 0.15) is 40.2 Å². The van der Waals surface area contributed by atoms with Crippen molar-refractivity contribution in [1.29, 1.82) is 0 Å². The summed E-state index contributed by atoms with van der Waals surface area (Å²) in [5.41, 5.74) is 0.918. The predicted octanol–water partition coefficient (Wildman–Crippen LogP) is 0.873. The van der Waals surface area contributed by atoms with Gasteiger partial charge < -0.3 is 26.0 Å². The fourth-order valence-corrected chi connectivity index (χ4v) is 3.74.